The maximum absolute atomic E-state index is 13.5. The molecule has 1 amide bonds. The first-order valence-electron chi connectivity index (χ1n) is 11.3. The number of thioether (sulfide) groups is 1. The molecule has 2 aromatic heterocycles. The highest BCUT2D eigenvalue weighted by Gasteiger charge is 2.40. The molecule has 9 heteroatoms. The minimum Gasteiger partial charge on any atom is -0.465 e. The molecule has 2 aromatic carbocycles. The van der Waals surface area contributed by atoms with E-state index in [1.165, 1.54) is 16.3 Å². The van der Waals surface area contributed by atoms with Gasteiger partial charge in [0, 0.05) is 11.1 Å². The van der Waals surface area contributed by atoms with Crippen molar-refractivity contribution in [3.63, 3.8) is 0 Å². The van der Waals surface area contributed by atoms with Gasteiger partial charge in [-0.1, -0.05) is 66.4 Å². The van der Waals surface area contributed by atoms with E-state index in [4.69, 9.17) is 4.42 Å². The summed E-state index contributed by atoms with van der Waals surface area (Å²) in [5.41, 5.74) is 2.30. The van der Waals surface area contributed by atoms with Gasteiger partial charge < -0.3 is 14.8 Å². The van der Waals surface area contributed by atoms with Crippen LogP contribution >= 0.6 is 11.8 Å². The lowest BCUT2D eigenvalue weighted by Crippen LogP contribution is -2.50. The second-order valence-electron chi connectivity index (χ2n) is 8.54. The zero-order valence-corrected chi connectivity index (χ0v) is 19.9. The normalized spacial score (nSPS) is 14.6. The summed E-state index contributed by atoms with van der Waals surface area (Å²) in [7, 11) is 0. The van der Waals surface area contributed by atoms with Gasteiger partial charge in [-0.2, -0.15) is 4.98 Å². The first-order valence-corrected chi connectivity index (χ1v) is 12.5. The average molecular weight is 494 g/mol. The molecule has 0 bridgehead atoms. The van der Waals surface area contributed by atoms with Crippen molar-refractivity contribution >= 4 is 29.0 Å². The van der Waals surface area contributed by atoms with Crippen molar-refractivity contribution in [3.8, 4) is 22.5 Å². The van der Waals surface area contributed by atoms with Crippen LogP contribution in [0.3, 0.4) is 0 Å². The Labute approximate surface area is 205 Å². The molecular formula is C26H24FN3O4S. The quantitative estimate of drug-likeness (QED) is 0.255. The van der Waals surface area contributed by atoms with Gasteiger partial charge in [0.1, 0.15) is 17.8 Å². The number of amides is 1. The van der Waals surface area contributed by atoms with Gasteiger partial charge in [0.05, 0.1) is 12.1 Å². The van der Waals surface area contributed by atoms with Gasteiger partial charge in [0.2, 0.25) is 5.71 Å². The van der Waals surface area contributed by atoms with Crippen LogP contribution in [-0.4, -0.2) is 33.7 Å². The first kappa shape index (κ1) is 23.2. The zero-order valence-electron chi connectivity index (χ0n) is 19.1. The van der Waals surface area contributed by atoms with E-state index in [1.54, 1.807) is 6.26 Å². The van der Waals surface area contributed by atoms with Crippen LogP contribution in [-0.2, 0) is 12.1 Å². The Bertz CT molecular complexity index is 1440. The maximum atomic E-state index is 13.5. The van der Waals surface area contributed by atoms with E-state index in [0.717, 1.165) is 36.0 Å². The molecular weight excluding hydrogens is 469 g/mol. The van der Waals surface area contributed by atoms with Crippen molar-refractivity contribution in [2.75, 3.05) is 12.9 Å². The van der Waals surface area contributed by atoms with Gasteiger partial charge in [-0.25, -0.2) is 9.18 Å². The summed E-state index contributed by atoms with van der Waals surface area (Å²) in [4.78, 5) is 29.4. The number of hydrogen-bond acceptors (Lipinski definition) is 5. The molecule has 0 atom stereocenters. The smallest absolute Gasteiger partial charge is 0.405 e. The van der Waals surface area contributed by atoms with Crippen LogP contribution in [0.15, 0.2) is 69.0 Å². The number of carbonyl (C=O) groups is 1. The highest BCUT2D eigenvalue weighted by atomic mass is 32.2. The molecule has 35 heavy (non-hydrogen) atoms. The molecule has 0 aliphatic heterocycles. The predicted octanol–water partition coefficient (Wildman–Crippen LogP) is 5.66. The minimum atomic E-state index is -1.04. The summed E-state index contributed by atoms with van der Waals surface area (Å²) in [6.07, 6.45) is 3.18. The van der Waals surface area contributed by atoms with Gasteiger partial charge in [0.25, 0.3) is 5.56 Å². The van der Waals surface area contributed by atoms with E-state index < -0.39 is 18.3 Å². The fourth-order valence-corrected chi connectivity index (χ4v) is 5.32. The highest BCUT2D eigenvalue weighted by Crippen LogP contribution is 2.43. The third-order valence-corrected chi connectivity index (χ3v) is 7.26. The molecule has 0 spiro atoms. The van der Waals surface area contributed by atoms with Crippen LogP contribution in [0.2, 0.25) is 0 Å². The zero-order chi connectivity index (χ0) is 24.6. The second-order valence-corrected chi connectivity index (χ2v) is 9.31. The number of carboxylic acid groups (broad SMARTS) is 1. The molecule has 2 heterocycles. The van der Waals surface area contributed by atoms with Crippen LogP contribution in [0, 0.1) is 0 Å². The van der Waals surface area contributed by atoms with E-state index in [0.29, 0.717) is 21.9 Å². The molecule has 2 N–H and O–H groups in total. The minimum absolute atomic E-state index is 0.0833. The molecule has 5 rings (SSSR count). The predicted molar refractivity (Wildman–Crippen MR) is 134 cm³/mol. The van der Waals surface area contributed by atoms with E-state index in [2.05, 4.69) is 10.3 Å². The monoisotopic (exact) mass is 493 g/mol. The van der Waals surface area contributed by atoms with E-state index in [9.17, 15) is 19.1 Å². The van der Waals surface area contributed by atoms with Crippen LogP contribution in [0.5, 0.6) is 0 Å². The first-order chi connectivity index (χ1) is 17.0. The molecule has 7 nitrogen and oxygen atoms in total. The molecule has 4 aromatic rings. The largest absolute Gasteiger partial charge is 0.465 e. The van der Waals surface area contributed by atoms with Crippen molar-refractivity contribution in [2.24, 2.45) is 0 Å². The van der Waals surface area contributed by atoms with Crippen molar-refractivity contribution in [2.45, 2.75) is 36.5 Å². The number of aromatic nitrogens is 2. The van der Waals surface area contributed by atoms with Crippen LogP contribution < -0.4 is 10.9 Å². The van der Waals surface area contributed by atoms with Crippen molar-refractivity contribution in [1.29, 1.82) is 0 Å². The van der Waals surface area contributed by atoms with Gasteiger partial charge in [-0.3, -0.25) is 9.36 Å². The Morgan fingerprint density at radius 2 is 1.89 bits per heavy atom. The molecule has 1 fully saturated rings. The van der Waals surface area contributed by atoms with Crippen LogP contribution in [0.1, 0.15) is 24.8 Å². The number of benzene rings is 2. The van der Waals surface area contributed by atoms with Gasteiger partial charge in [0.15, 0.2) is 5.16 Å². The molecule has 1 aliphatic rings. The van der Waals surface area contributed by atoms with Crippen LogP contribution in [0.4, 0.5) is 9.18 Å². The summed E-state index contributed by atoms with van der Waals surface area (Å²) < 4.78 is 20.8. The number of nitrogens with zero attached hydrogens (tertiary/aromatic N) is 2. The number of hydrogen-bond donors (Lipinski definition) is 2. The number of alkyl halides is 1. The Kier molecular flexibility index (Phi) is 6.10. The molecule has 1 aliphatic carbocycles. The SMILES string of the molecule is CSc1nc2oc(-c3ccc(C4(NC(=O)O)CCC4)cc3)c(-c3ccccc3)c2c(=O)n1CCF. The summed E-state index contributed by atoms with van der Waals surface area (Å²) in [5, 5.41) is 12.7. The lowest BCUT2D eigenvalue weighted by Gasteiger charge is -2.42. The average Bonchev–Trinajstić information content (AvgIpc) is 3.23. The summed E-state index contributed by atoms with van der Waals surface area (Å²) in [5.74, 6) is 0.487. The third-order valence-electron chi connectivity index (χ3n) is 6.58. The van der Waals surface area contributed by atoms with Crippen molar-refractivity contribution in [1.82, 2.24) is 14.9 Å². The Hall–Kier alpha value is -3.59. The number of halogens is 1. The van der Waals surface area contributed by atoms with Crippen LogP contribution in [0.25, 0.3) is 33.6 Å². The lowest BCUT2D eigenvalue weighted by molar-refractivity contribution is 0.144. The van der Waals surface area contributed by atoms with Gasteiger partial charge in [-0.15, -0.1) is 0 Å². The van der Waals surface area contributed by atoms with Gasteiger partial charge in [-0.05, 0) is 36.6 Å². The van der Waals surface area contributed by atoms with E-state index in [1.807, 2.05) is 54.6 Å². The van der Waals surface area contributed by atoms with Crippen molar-refractivity contribution in [3.05, 3.63) is 70.5 Å². The Balaban J connectivity index is 1.70. The molecule has 180 valence electrons. The molecule has 0 unspecified atom stereocenters. The summed E-state index contributed by atoms with van der Waals surface area (Å²) >= 11 is 1.26. The topological polar surface area (TPSA) is 97.4 Å². The lowest BCUT2D eigenvalue weighted by atomic mass is 9.72. The number of fused-ring (bicyclic) bond motifs is 1. The fourth-order valence-electron chi connectivity index (χ4n) is 4.75. The molecule has 0 saturated heterocycles. The molecule has 1 saturated carbocycles. The van der Waals surface area contributed by atoms with Crippen molar-refractivity contribution < 1.29 is 18.7 Å². The standard InChI is InChI=1S/C26H24FN3O4S/c1-35-24-28-22-20(23(31)30(24)15-14-27)19(16-6-3-2-4-7-16)21(34-22)17-8-10-18(11-9-17)26(12-5-13-26)29-25(32)33/h2-4,6-11,29H,5,12-15H2,1H3,(H,32,33). The number of nitrogens with one attached hydrogen (secondary N) is 1. The highest BCUT2D eigenvalue weighted by molar-refractivity contribution is 7.98. The van der Waals surface area contributed by atoms with E-state index >= 15 is 0 Å². The fraction of sp³-hybridized carbons (Fsp3) is 0.269. The Morgan fingerprint density at radius 1 is 1.17 bits per heavy atom. The maximum Gasteiger partial charge on any atom is 0.405 e. The summed E-state index contributed by atoms with van der Waals surface area (Å²) in [6, 6.07) is 17.0. The number of rotatable bonds is 7. The molecule has 0 radical (unpaired) electrons. The van der Waals surface area contributed by atoms with Gasteiger partial charge >= 0.3 is 6.09 Å². The number of furan rings is 1. The third kappa shape index (κ3) is 3.99. The van der Waals surface area contributed by atoms with E-state index in [-0.39, 0.29) is 17.8 Å². The Morgan fingerprint density at radius 3 is 2.46 bits per heavy atom. The summed E-state index contributed by atoms with van der Waals surface area (Å²) in [6.45, 7) is -0.764. The second kappa shape index (κ2) is 9.22.